The minimum Gasteiger partial charge on any atom is -0.389 e. The lowest BCUT2D eigenvalue weighted by Gasteiger charge is -2.14. The highest BCUT2D eigenvalue weighted by atomic mass is 79.9. The minimum atomic E-state index is -0.451. The van der Waals surface area contributed by atoms with Crippen molar-refractivity contribution in [2.24, 2.45) is 0 Å². The Morgan fingerprint density at radius 3 is 2.53 bits per heavy atom. The molecule has 0 aromatic heterocycles. The number of aliphatic hydroxyl groups excluding tert-OH is 1. The largest absolute Gasteiger partial charge is 0.389 e. The highest BCUT2D eigenvalue weighted by Crippen LogP contribution is 2.10. The van der Waals surface area contributed by atoms with Crippen molar-refractivity contribution in [1.29, 1.82) is 0 Å². The van der Waals surface area contributed by atoms with Gasteiger partial charge in [-0.2, -0.15) is 0 Å². The second-order valence-corrected chi connectivity index (χ2v) is 5.21. The van der Waals surface area contributed by atoms with Crippen molar-refractivity contribution in [3.8, 4) is 0 Å². The lowest BCUT2D eigenvalue weighted by atomic mass is 10.2. The Balaban J connectivity index is 2.16. The summed E-state index contributed by atoms with van der Waals surface area (Å²) in [5.74, 6) is 0. The van der Waals surface area contributed by atoms with Gasteiger partial charge < -0.3 is 15.2 Å². The van der Waals surface area contributed by atoms with Gasteiger partial charge in [-0.05, 0) is 31.5 Å². The fourth-order valence-corrected chi connectivity index (χ4v) is 1.61. The second kappa shape index (κ2) is 7.82. The average molecular weight is 302 g/mol. The molecule has 0 aliphatic heterocycles. The van der Waals surface area contributed by atoms with Crippen molar-refractivity contribution in [1.82, 2.24) is 5.32 Å². The van der Waals surface area contributed by atoms with Gasteiger partial charge in [0.2, 0.25) is 0 Å². The van der Waals surface area contributed by atoms with Crippen LogP contribution in [-0.4, -0.2) is 30.5 Å². The smallest absolute Gasteiger partial charge is 0.0897 e. The summed E-state index contributed by atoms with van der Waals surface area (Å²) in [4.78, 5) is 0. The molecule has 0 bridgehead atoms. The summed E-state index contributed by atoms with van der Waals surface area (Å²) < 4.78 is 6.40. The van der Waals surface area contributed by atoms with E-state index in [1.807, 2.05) is 38.1 Å². The van der Waals surface area contributed by atoms with E-state index in [0.29, 0.717) is 13.2 Å². The van der Waals surface area contributed by atoms with Crippen molar-refractivity contribution < 1.29 is 9.84 Å². The molecule has 3 nitrogen and oxygen atoms in total. The third kappa shape index (κ3) is 6.78. The molecule has 1 unspecified atom stereocenters. The lowest BCUT2D eigenvalue weighted by Crippen LogP contribution is -2.31. The van der Waals surface area contributed by atoms with Gasteiger partial charge in [0.1, 0.15) is 0 Å². The van der Waals surface area contributed by atoms with Crippen molar-refractivity contribution in [2.45, 2.75) is 32.6 Å². The Hall–Kier alpha value is -0.420. The Morgan fingerprint density at radius 2 is 1.94 bits per heavy atom. The normalized spacial score (nSPS) is 13.0. The molecular formula is C13H20BrNO2. The quantitative estimate of drug-likeness (QED) is 0.812. The molecule has 1 aromatic carbocycles. The molecule has 0 aliphatic carbocycles. The van der Waals surface area contributed by atoms with Gasteiger partial charge in [0.05, 0.1) is 18.8 Å². The first-order chi connectivity index (χ1) is 8.08. The first-order valence-electron chi connectivity index (χ1n) is 5.82. The molecule has 96 valence electrons. The zero-order chi connectivity index (χ0) is 12.7. The fraction of sp³-hybridized carbons (Fsp3) is 0.538. The number of aliphatic hydroxyl groups is 1. The summed E-state index contributed by atoms with van der Waals surface area (Å²) >= 11 is 3.39. The van der Waals surface area contributed by atoms with Gasteiger partial charge in [-0.3, -0.25) is 0 Å². The highest BCUT2D eigenvalue weighted by molar-refractivity contribution is 9.10. The van der Waals surface area contributed by atoms with Crippen molar-refractivity contribution in [3.05, 3.63) is 34.3 Å². The zero-order valence-corrected chi connectivity index (χ0v) is 11.9. The van der Waals surface area contributed by atoms with Crippen LogP contribution in [0, 0.1) is 0 Å². The van der Waals surface area contributed by atoms with Crippen LogP contribution in [0.3, 0.4) is 0 Å². The molecule has 0 spiro atoms. The van der Waals surface area contributed by atoms with Crippen LogP contribution in [0.15, 0.2) is 28.7 Å². The highest BCUT2D eigenvalue weighted by Gasteiger charge is 2.04. The zero-order valence-electron chi connectivity index (χ0n) is 10.3. The van der Waals surface area contributed by atoms with Crippen LogP contribution >= 0.6 is 15.9 Å². The number of halogens is 1. The summed E-state index contributed by atoms with van der Waals surface area (Å²) in [6.07, 6.45) is -0.288. The molecule has 0 amide bonds. The molecule has 0 aliphatic rings. The van der Waals surface area contributed by atoms with E-state index < -0.39 is 6.10 Å². The van der Waals surface area contributed by atoms with Gasteiger partial charge in [-0.1, -0.05) is 28.1 Å². The number of rotatable bonds is 7. The van der Waals surface area contributed by atoms with Crippen LogP contribution in [0.2, 0.25) is 0 Å². The number of hydrogen-bond donors (Lipinski definition) is 2. The van der Waals surface area contributed by atoms with Crippen LogP contribution < -0.4 is 5.32 Å². The van der Waals surface area contributed by atoms with E-state index in [1.165, 1.54) is 5.56 Å². The van der Waals surface area contributed by atoms with E-state index in [1.54, 1.807) is 0 Å². The van der Waals surface area contributed by atoms with Gasteiger partial charge >= 0.3 is 0 Å². The van der Waals surface area contributed by atoms with Gasteiger partial charge in [0, 0.05) is 17.6 Å². The van der Waals surface area contributed by atoms with Gasteiger partial charge in [0.25, 0.3) is 0 Å². The van der Waals surface area contributed by atoms with E-state index >= 15 is 0 Å². The summed E-state index contributed by atoms with van der Waals surface area (Å²) in [6.45, 7) is 5.60. The summed E-state index contributed by atoms with van der Waals surface area (Å²) in [7, 11) is 0. The molecule has 0 fully saturated rings. The molecule has 17 heavy (non-hydrogen) atoms. The van der Waals surface area contributed by atoms with Gasteiger partial charge in [0.15, 0.2) is 0 Å². The molecule has 4 heteroatoms. The summed E-state index contributed by atoms with van der Waals surface area (Å²) in [5.41, 5.74) is 1.20. The topological polar surface area (TPSA) is 41.5 Å². The van der Waals surface area contributed by atoms with E-state index in [-0.39, 0.29) is 6.10 Å². The van der Waals surface area contributed by atoms with E-state index in [9.17, 15) is 5.11 Å². The van der Waals surface area contributed by atoms with Crippen molar-refractivity contribution in [2.75, 3.05) is 13.2 Å². The minimum absolute atomic E-state index is 0.163. The third-order valence-electron chi connectivity index (χ3n) is 2.24. The molecule has 0 saturated heterocycles. The van der Waals surface area contributed by atoms with E-state index in [4.69, 9.17) is 4.74 Å². The SMILES string of the molecule is CC(C)OCC(O)CNCc1ccc(Br)cc1. The Morgan fingerprint density at radius 1 is 1.29 bits per heavy atom. The summed E-state index contributed by atoms with van der Waals surface area (Å²) in [6, 6.07) is 8.12. The van der Waals surface area contributed by atoms with Crippen LogP contribution in [0.1, 0.15) is 19.4 Å². The monoisotopic (exact) mass is 301 g/mol. The van der Waals surface area contributed by atoms with Crippen LogP contribution in [-0.2, 0) is 11.3 Å². The third-order valence-corrected chi connectivity index (χ3v) is 2.77. The fourth-order valence-electron chi connectivity index (χ4n) is 1.35. The maximum Gasteiger partial charge on any atom is 0.0897 e. The predicted octanol–water partition coefficient (Wildman–Crippen LogP) is 2.32. The van der Waals surface area contributed by atoms with Crippen molar-refractivity contribution in [3.63, 3.8) is 0 Å². The molecule has 0 saturated carbocycles. The number of hydrogen-bond acceptors (Lipinski definition) is 3. The Labute approximate surface area is 111 Å². The predicted molar refractivity (Wildman–Crippen MR) is 72.9 cm³/mol. The second-order valence-electron chi connectivity index (χ2n) is 4.29. The number of nitrogens with one attached hydrogen (secondary N) is 1. The maximum absolute atomic E-state index is 9.63. The van der Waals surface area contributed by atoms with Crippen LogP contribution in [0.4, 0.5) is 0 Å². The lowest BCUT2D eigenvalue weighted by molar-refractivity contribution is 0.00630. The number of benzene rings is 1. The van der Waals surface area contributed by atoms with Crippen molar-refractivity contribution >= 4 is 15.9 Å². The summed E-state index contributed by atoms with van der Waals surface area (Å²) in [5, 5.41) is 12.8. The average Bonchev–Trinajstić information content (AvgIpc) is 2.29. The Kier molecular flexibility index (Phi) is 6.73. The van der Waals surface area contributed by atoms with Crippen LogP contribution in [0.25, 0.3) is 0 Å². The molecule has 1 aromatic rings. The molecule has 0 radical (unpaired) electrons. The molecule has 1 rings (SSSR count). The number of ether oxygens (including phenoxy) is 1. The first-order valence-corrected chi connectivity index (χ1v) is 6.62. The molecule has 2 N–H and O–H groups in total. The molecule has 0 heterocycles. The standard InChI is InChI=1S/C13H20BrNO2/c1-10(2)17-9-13(16)8-15-7-11-3-5-12(14)6-4-11/h3-6,10,13,15-16H,7-9H2,1-2H3. The van der Waals surface area contributed by atoms with E-state index in [0.717, 1.165) is 11.0 Å². The molecule has 1 atom stereocenters. The molecular weight excluding hydrogens is 282 g/mol. The Bertz CT molecular complexity index is 314. The van der Waals surface area contributed by atoms with Crippen LogP contribution in [0.5, 0.6) is 0 Å². The van der Waals surface area contributed by atoms with E-state index in [2.05, 4.69) is 21.2 Å². The first kappa shape index (κ1) is 14.6. The van der Waals surface area contributed by atoms with Gasteiger partial charge in [-0.25, -0.2) is 0 Å². The van der Waals surface area contributed by atoms with Gasteiger partial charge in [-0.15, -0.1) is 0 Å². The maximum atomic E-state index is 9.63.